The second-order valence-corrected chi connectivity index (χ2v) is 5.28. The molecule has 0 spiro atoms. The average molecular weight is 339 g/mol. The summed E-state index contributed by atoms with van der Waals surface area (Å²) in [4.78, 5) is 23.4. The lowest BCUT2D eigenvalue weighted by molar-refractivity contribution is -0.120. The summed E-state index contributed by atoms with van der Waals surface area (Å²) in [6.07, 6.45) is 5.32. The van der Waals surface area contributed by atoms with Crippen LogP contribution < -0.4 is 16.0 Å². The molecule has 0 heterocycles. The highest BCUT2D eigenvalue weighted by atomic mass is 19.1. The molecule has 0 aliphatic rings. The highest BCUT2D eigenvalue weighted by molar-refractivity contribution is 5.83. The summed E-state index contributed by atoms with van der Waals surface area (Å²) in [6, 6.07) is 12.6. The van der Waals surface area contributed by atoms with Gasteiger partial charge in [-0.15, -0.1) is 6.42 Å². The summed E-state index contributed by atoms with van der Waals surface area (Å²) in [5.74, 6) is 1.87. The second kappa shape index (κ2) is 9.08. The summed E-state index contributed by atoms with van der Waals surface area (Å²) in [7, 11) is 0. The minimum absolute atomic E-state index is 0.149. The lowest BCUT2D eigenvalue weighted by atomic mass is 10.1. The van der Waals surface area contributed by atoms with Crippen LogP contribution in [0, 0.1) is 18.2 Å². The standard InChI is InChI=1S/C19H18FN3O2/c1-2-14-4-3-5-16(10-14)12-21-18(24)13-23-19(25)22-11-15-6-8-17(20)9-7-15/h1,3-10H,11-13H2,(H,21,24)(H2,22,23,25). The molecule has 0 fully saturated rings. The van der Waals surface area contributed by atoms with Crippen molar-refractivity contribution in [3.63, 3.8) is 0 Å². The van der Waals surface area contributed by atoms with Gasteiger partial charge in [0.15, 0.2) is 0 Å². The molecule has 0 aromatic heterocycles. The van der Waals surface area contributed by atoms with E-state index in [9.17, 15) is 14.0 Å². The van der Waals surface area contributed by atoms with Gasteiger partial charge in [0.25, 0.3) is 0 Å². The molecule has 3 N–H and O–H groups in total. The predicted octanol–water partition coefficient (Wildman–Crippen LogP) is 1.92. The highest BCUT2D eigenvalue weighted by Crippen LogP contribution is 2.03. The van der Waals surface area contributed by atoms with Gasteiger partial charge in [-0.2, -0.15) is 0 Å². The van der Waals surface area contributed by atoms with Crippen LogP contribution in [0.5, 0.6) is 0 Å². The smallest absolute Gasteiger partial charge is 0.315 e. The topological polar surface area (TPSA) is 70.2 Å². The van der Waals surface area contributed by atoms with Gasteiger partial charge >= 0.3 is 6.03 Å². The van der Waals surface area contributed by atoms with Gasteiger partial charge in [0.05, 0.1) is 6.54 Å². The fourth-order valence-electron chi connectivity index (χ4n) is 2.04. The molecule has 2 rings (SSSR count). The number of benzene rings is 2. The van der Waals surface area contributed by atoms with Crippen molar-refractivity contribution in [2.24, 2.45) is 0 Å². The van der Waals surface area contributed by atoms with E-state index < -0.39 is 6.03 Å². The first-order chi connectivity index (χ1) is 12.1. The van der Waals surface area contributed by atoms with E-state index in [2.05, 4.69) is 21.9 Å². The third kappa shape index (κ3) is 6.36. The molecular formula is C19H18FN3O2. The predicted molar refractivity (Wildman–Crippen MR) is 92.9 cm³/mol. The number of carbonyl (C=O) groups excluding carboxylic acids is 2. The first-order valence-corrected chi connectivity index (χ1v) is 7.65. The molecule has 0 saturated carbocycles. The van der Waals surface area contributed by atoms with Crippen molar-refractivity contribution in [1.82, 2.24) is 16.0 Å². The zero-order chi connectivity index (χ0) is 18.1. The average Bonchev–Trinajstić information content (AvgIpc) is 2.64. The number of carbonyl (C=O) groups is 2. The summed E-state index contributed by atoms with van der Waals surface area (Å²) in [5, 5.41) is 7.74. The van der Waals surface area contributed by atoms with Crippen molar-refractivity contribution >= 4 is 11.9 Å². The fraction of sp³-hybridized carbons (Fsp3) is 0.158. The fourth-order valence-corrected chi connectivity index (χ4v) is 2.04. The van der Waals surface area contributed by atoms with Crippen molar-refractivity contribution < 1.29 is 14.0 Å². The summed E-state index contributed by atoms with van der Waals surface area (Å²) < 4.78 is 12.8. The normalized spacial score (nSPS) is 9.76. The van der Waals surface area contributed by atoms with Gasteiger partial charge in [0, 0.05) is 18.7 Å². The Labute approximate surface area is 145 Å². The van der Waals surface area contributed by atoms with Crippen LogP contribution in [0.1, 0.15) is 16.7 Å². The van der Waals surface area contributed by atoms with E-state index in [-0.39, 0.29) is 24.8 Å². The van der Waals surface area contributed by atoms with Gasteiger partial charge in [0.1, 0.15) is 5.82 Å². The molecule has 3 amide bonds. The highest BCUT2D eigenvalue weighted by Gasteiger charge is 2.05. The van der Waals surface area contributed by atoms with Crippen LogP contribution in [0.2, 0.25) is 0 Å². The van der Waals surface area contributed by atoms with Gasteiger partial charge in [-0.25, -0.2) is 9.18 Å². The number of rotatable bonds is 6. The molecular weight excluding hydrogens is 321 g/mol. The molecule has 128 valence electrons. The molecule has 0 radical (unpaired) electrons. The van der Waals surface area contributed by atoms with Gasteiger partial charge in [0.2, 0.25) is 5.91 Å². The van der Waals surface area contributed by atoms with Crippen LogP contribution in [0.4, 0.5) is 9.18 Å². The van der Waals surface area contributed by atoms with E-state index in [1.165, 1.54) is 12.1 Å². The Morgan fingerprint density at radius 1 is 0.960 bits per heavy atom. The summed E-state index contributed by atoms with van der Waals surface area (Å²) in [6.45, 7) is 0.421. The number of urea groups is 1. The molecule has 0 bridgehead atoms. The van der Waals surface area contributed by atoms with E-state index in [1.807, 2.05) is 18.2 Å². The van der Waals surface area contributed by atoms with Gasteiger partial charge < -0.3 is 16.0 Å². The van der Waals surface area contributed by atoms with Gasteiger partial charge in [-0.3, -0.25) is 4.79 Å². The third-order valence-electron chi connectivity index (χ3n) is 3.36. The van der Waals surface area contributed by atoms with Crippen molar-refractivity contribution in [1.29, 1.82) is 0 Å². The first-order valence-electron chi connectivity index (χ1n) is 7.65. The van der Waals surface area contributed by atoms with E-state index in [4.69, 9.17) is 6.42 Å². The van der Waals surface area contributed by atoms with Crippen LogP contribution in [0.15, 0.2) is 48.5 Å². The van der Waals surface area contributed by atoms with Gasteiger partial charge in [-0.1, -0.05) is 30.2 Å². The molecule has 0 atom stereocenters. The lowest BCUT2D eigenvalue weighted by Gasteiger charge is -2.09. The summed E-state index contributed by atoms with van der Waals surface area (Å²) in [5.41, 5.74) is 2.38. The minimum atomic E-state index is -0.478. The summed E-state index contributed by atoms with van der Waals surface area (Å²) >= 11 is 0. The quantitative estimate of drug-likeness (QED) is 0.704. The minimum Gasteiger partial charge on any atom is -0.350 e. The van der Waals surface area contributed by atoms with Crippen LogP contribution in [0.25, 0.3) is 0 Å². The Balaban J connectivity index is 1.67. The zero-order valence-corrected chi connectivity index (χ0v) is 13.5. The number of hydrogen-bond donors (Lipinski definition) is 3. The van der Waals surface area contributed by atoms with Crippen LogP contribution in [0.3, 0.4) is 0 Å². The molecule has 0 saturated heterocycles. The lowest BCUT2D eigenvalue weighted by Crippen LogP contribution is -2.41. The van der Waals surface area contributed by atoms with E-state index in [1.54, 1.807) is 18.2 Å². The molecule has 5 nitrogen and oxygen atoms in total. The number of amides is 3. The van der Waals surface area contributed by atoms with Crippen molar-refractivity contribution in [2.45, 2.75) is 13.1 Å². The van der Waals surface area contributed by atoms with E-state index in [0.717, 1.165) is 16.7 Å². The van der Waals surface area contributed by atoms with E-state index in [0.29, 0.717) is 6.54 Å². The Morgan fingerprint density at radius 3 is 2.40 bits per heavy atom. The maximum Gasteiger partial charge on any atom is 0.315 e. The maximum absolute atomic E-state index is 12.8. The van der Waals surface area contributed by atoms with Crippen molar-refractivity contribution in [3.8, 4) is 12.3 Å². The Morgan fingerprint density at radius 2 is 1.68 bits per heavy atom. The molecule has 2 aromatic carbocycles. The third-order valence-corrected chi connectivity index (χ3v) is 3.36. The number of halogens is 1. The molecule has 0 unspecified atom stereocenters. The molecule has 0 aliphatic carbocycles. The first kappa shape index (κ1) is 18.0. The van der Waals surface area contributed by atoms with Crippen LogP contribution in [-0.4, -0.2) is 18.5 Å². The Bertz CT molecular complexity index is 782. The van der Waals surface area contributed by atoms with Gasteiger partial charge in [-0.05, 0) is 35.4 Å². The maximum atomic E-state index is 12.8. The Kier molecular flexibility index (Phi) is 6.55. The molecule has 2 aromatic rings. The second-order valence-electron chi connectivity index (χ2n) is 5.28. The number of hydrogen-bond acceptors (Lipinski definition) is 2. The number of nitrogens with one attached hydrogen (secondary N) is 3. The largest absolute Gasteiger partial charge is 0.350 e. The van der Waals surface area contributed by atoms with Crippen LogP contribution >= 0.6 is 0 Å². The SMILES string of the molecule is C#Cc1cccc(CNC(=O)CNC(=O)NCc2ccc(F)cc2)c1. The van der Waals surface area contributed by atoms with Crippen molar-refractivity contribution in [3.05, 3.63) is 71.0 Å². The van der Waals surface area contributed by atoms with Crippen LogP contribution in [-0.2, 0) is 17.9 Å². The number of terminal acetylenes is 1. The molecule has 25 heavy (non-hydrogen) atoms. The Hall–Kier alpha value is -3.33. The monoisotopic (exact) mass is 339 g/mol. The van der Waals surface area contributed by atoms with Crippen molar-refractivity contribution in [2.75, 3.05) is 6.54 Å². The molecule has 6 heteroatoms. The molecule has 0 aliphatic heterocycles. The van der Waals surface area contributed by atoms with E-state index >= 15 is 0 Å². The zero-order valence-electron chi connectivity index (χ0n) is 13.5.